The number of rotatable bonds is 8. The highest BCUT2D eigenvalue weighted by Crippen LogP contribution is 2.39. The Morgan fingerprint density at radius 2 is 1.82 bits per heavy atom. The fraction of sp³-hybridized carbons (Fsp3) is 0.200. The van der Waals surface area contributed by atoms with Gasteiger partial charge in [-0.25, -0.2) is 4.39 Å². The van der Waals surface area contributed by atoms with E-state index in [-0.39, 0.29) is 12.1 Å². The van der Waals surface area contributed by atoms with E-state index in [0.717, 1.165) is 5.56 Å². The first-order valence-electron chi connectivity index (χ1n) is 10.2. The molecule has 1 aromatic heterocycles. The number of amides is 1. The number of ketones is 1. The number of ether oxygens (including phenoxy) is 2. The summed E-state index contributed by atoms with van der Waals surface area (Å²) >= 11 is 1.23. The zero-order valence-electron chi connectivity index (χ0n) is 18.1. The lowest BCUT2D eigenvalue weighted by molar-refractivity contribution is -0.129. The van der Waals surface area contributed by atoms with Gasteiger partial charge >= 0.3 is 0 Å². The molecule has 0 aliphatic carbocycles. The smallest absolute Gasteiger partial charge is 0.290 e. The molecule has 170 valence electrons. The van der Waals surface area contributed by atoms with E-state index in [1.54, 1.807) is 37.8 Å². The van der Waals surface area contributed by atoms with Gasteiger partial charge in [0, 0.05) is 6.54 Å². The van der Waals surface area contributed by atoms with Crippen LogP contribution in [0.4, 0.5) is 4.39 Å². The van der Waals surface area contributed by atoms with Gasteiger partial charge in [-0.1, -0.05) is 24.3 Å². The van der Waals surface area contributed by atoms with Gasteiger partial charge in [-0.3, -0.25) is 9.59 Å². The van der Waals surface area contributed by atoms with E-state index in [1.165, 1.54) is 40.5 Å². The zero-order chi connectivity index (χ0) is 23.5. The molecule has 1 amide bonds. The van der Waals surface area contributed by atoms with Crippen molar-refractivity contribution in [2.45, 2.75) is 12.5 Å². The minimum Gasteiger partial charge on any atom is -0.503 e. The third kappa shape index (κ3) is 4.34. The largest absolute Gasteiger partial charge is 0.503 e. The summed E-state index contributed by atoms with van der Waals surface area (Å²) in [6.45, 7) is 0.224. The van der Waals surface area contributed by atoms with Gasteiger partial charge in [-0.05, 0) is 53.3 Å². The van der Waals surface area contributed by atoms with Gasteiger partial charge in [0.15, 0.2) is 17.3 Å². The van der Waals surface area contributed by atoms with Crippen molar-refractivity contribution < 1.29 is 28.6 Å². The van der Waals surface area contributed by atoms with Crippen molar-refractivity contribution in [3.05, 3.63) is 93.1 Å². The fourth-order valence-electron chi connectivity index (χ4n) is 3.93. The average molecular weight is 468 g/mol. The lowest BCUT2D eigenvalue weighted by atomic mass is 9.95. The SMILES string of the molecule is COc1ccc(CCN2C(=O)C(O)=C(C(=O)c3cccs3)[C@H]2c2ccc(F)cc2)cc1OC. The minimum absolute atomic E-state index is 0.00127. The van der Waals surface area contributed by atoms with Gasteiger partial charge in [-0.2, -0.15) is 0 Å². The maximum atomic E-state index is 13.6. The van der Waals surface area contributed by atoms with Gasteiger partial charge in [0.25, 0.3) is 5.91 Å². The molecular weight excluding hydrogens is 445 g/mol. The third-order valence-corrected chi connectivity index (χ3v) is 6.44. The molecule has 2 aromatic carbocycles. The average Bonchev–Trinajstić information content (AvgIpc) is 3.45. The van der Waals surface area contributed by atoms with Crippen molar-refractivity contribution in [2.24, 2.45) is 0 Å². The van der Waals surface area contributed by atoms with Crippen LogP contribution < -0.4 is 9.47 Å². The maximum Gasteiger partial charge on any atom is 0.290 e. The molecule has 6 nitrogen and oxygen atoms in total. The number of aliphatic hydroxyl groups excluding tert-OH is 1. The van der Waals surface area contributed by atoms with Gasteiger partial charge in [-0.15, -0.1) is 11.3 Å². The van der Waals surface area contributed by atoms with E-state index in [0.29, 0.717) is 28.4 Å². The molecule has 33 heavy (non-hydrogen) atoms. The molecule has 1 atom stereocenters. The molecule has 2 heterocycles. The van der Waals surface area contributed by atoms with Gasteiger partial charge in [0.1, 0.15) is 5.82 Å². The van der Waals surface area contributed by atoms with E-state index in [9.17, 15) is 19.1 Å². The second-order valence-electron chi connectivity index (χ2n) is 7.46. The predicted octanol–water partition coefficient (Wildman–Crippen LogP) is 4.73. The number of methoxy groups -OCH3 is 2. The molecule has 3 aromatic rings. The van der Waals surface area contributed by atoms with Crippen LogP contribution in [0.3, 0.4) is 0 Å². The summed E-state index contributed by atoms with van der Waals surface area (Å²) in [4.78, 5) is 28.1. The van der Waals surface area contributed by atoms with Crippen molar-refractivity contribution in [1.82, 2.24) is 4.90 Å². The second kappa shape index (κ2) is 9.46. The zero-order valence-corrected chi connectivity index (χ0v) is 18.9. The van der Waals surface area contributed by atoms with Crippen molar-refractivity contribution in [1.29, 1.82) is 0 Å². The summed E-state index contributed by atoms with van der Waals surface area (Å²) in [6, 6.07) is 13.6. The van der Waals surface area contributed by atoms with Crippen LogP contribution in [0, 0.1) is 5.82 Å². The molecule has 1 aliphatic rings. The number of aliphatic hydroxyl groups is 1. The molecule has 4 rings (SSSR count). The monoisotopic (exact) mass is 467 g/mol. The van der Waals surface area contributed by atoms with Crippen LogP contribution in [0.5, 0.6) is 11.5 Å². The molecule has 0 fully saturated rings. The fourth-order valence-corrected chi connectivity index (χ4v) is 4.61. The van der Waals surface area contributed by atoms with Crippen molar-refractivity contribution in [3.63, 3.8) is 0 Å². The molecule has 0 radical (unpaired) electrons. The molecule has 0 spiro atoms. The van der Waals surface area contributed by atoms with E-state index in [2.05, 4.69) is 0 Å². The third-order valence-electron chi connectivity index (χ3n) is 5.57. The van der Waals surface area contributed by atoms with Crippen molar-refractivity contribution in [2.75, 3.05) is 20.8 Å². The molecule has 1 aliphatic heterocycles. The number of carbonyl (C=O) groups excluding carboxylic acids is 2. The summed E-state index contributed by atoms with van der Waals surface area (Å²) in [5.41, 5.74) is 1.43. The first kappa shape index (κ1) is 22.5. The number of halogens is 1. The summed E-state index contributed by atoms with van der Waals surface area (Å²) < 4.78 is 24.2. The summed E-state index contributed by atoms with van der Waals surface area (Å²) in [5.74, 6) is -0.906. The van der Waals surface area contributed by atoms with E-state index >= 15 is 0 Å². The Hall–Kier alpha value is -3.65. The minimum atomic E-state index is -0.826. The Labute approximate surface area is 194 Å². The number of thiophene rings is 1. The number of hydrogen-bond acceptors (Lipinski definition) is 6. The summed E-state index contributed by atoms with van der Waals surface area (Å²) in [5, 5.41) is 12.4. The van der Waals surface area contributed by atoms with E-state index in [4.69, 9.17) is 9.47 Å². The number of nitrogens with zero attached hydrogens (tertiary/aromatic N) is 1. The Bertz CT molecular complexity index is 1200. The van der Waals surface area contributed by atoms with Gasteiger partial charge in [0.05, 0.1) is 30.7 Å². The molecule has 1 N–H and O–H groups in total. The lowest BCUT2D eigenvalue weighted by Gasteiger charge is -2.27. The van der Waals surface area contributed by atoms with Crippen LogP contribution in [0.25, 0.3) is 0 Å². The van der Waals surface area contributed by atoms with E-state index < -0.39 is 29.3 Å². The van der Waals surface area contributed by atoms with Gasteiger partial charge < -0.3 is 19.5 Å². The van der Waals surface area contributed by atoms with Crippen LogP contribution in [0.15, 0.2) is 71.3 Å². The lowest BCUT2D eigenvalue weighted by Crippen LogP contribution is -2.33. The standard InChI is InChI=1S/C25H22FNO5S/c1-31-18-10-5-15(14-19(18)32-2)11-12-27-22(16-6-8-17(26)9-7-16)21(24(29)25(27)30)23(28)20-4-3-13-33-20/h3-10,13-14,22,29H,11-12H2,1-2H3/t22-/m1/s1. The summed E-state index contributed by atoms with van der Waals surface area (Å²) in [7, 11) is 3.09. The quantitative estimate of drug-likeness (QED) is 0.485. The molecule has 8 heteroatoms. The second-order valence-corrected chi connectivity index (χ2v) is 8.41. The van der Waals surface area contributed by atoms with Crippen molar-refractivity contribution in [3.8, 4) is 11.5 Å². The van der Waals surface area contributed by atoms with Crippen molar-refractivity contribution >= 4 is 23.0 Å². The highest BCUT2D eigenvalue weighted by atomic mass is 32.1. The van der Waals surface area contributed by atoms with Gasteiger partial charge in [0.2, 0.25) is 5.78 Å². The number of hydrogen-bond donors (Lipinski definition) is 1. The van der Waals surface area contributed by atoms with Crippen LogP contribution in [-0.4, -0.2) is 42.5 Å². The predicted molar refractivity (Wildman–Crippen MR) is 122 cm³/mol. The Balaban J connectivity index is 1.67. The summed E-state index contributed by atoms with van der Waals surface area (Å²) in [6.07, 6.45) is 0.442. The first-order chi connectivity index (χ1) is 15.9. The maximum absolute atomic E-state index is 13.6. The molecule has 0 saturated heterocycles. The Morgan fingerprint density at radius 1 is 1.09 bits per heavy atom. The van der Waals surface area contributed by atoms with Crippen LogP contribution >= 0.6 is 11.3 Å². The molecular formula is C25H22FNO5S. The van der Waals surface area contributed by atoms with Crippen LogP contribution in [-0.2, 0) is 11.2 Å². The highest BCUT2D eigenvalue weighted by Gasteiger charge is 2.43. The number of Topliss-reactive ketones (excluding diaryl/α,β-unsaturated/α-hetero) is 1. The van der Waals surface area contributed by atoms with Crippen LogP contribution in [0.2, 0.25) is 0 Å². The topological polar surface area (TPSA) is 76.1 Å². The molecule has 0 saturated carbocycles. The Morgan fingerprint density at radius 3 is 2.45 bits per heavy atom. The van der Waals surface area contributed by atoms with Crippen LogP contribution in [0.1, 0.15) is 26.8 Å². The Kier molecular flexibility index (Phi) is 6.46. The van der Waals surface area contributed by atoms with E-state index in [1.807, 2.05) is 12.1 Å². The normalized spacial score (nSPS) is 15.8. The number of benzene rings is 2. The first-order valence-corrected chi connectivity index (χ1v) is 11.1. The molecule has 0 unspecified atom stereocenters. The molecule has 0 bridgehead atoms. The number of carbonyl (C=O) groups is 2. The highest BCUT2D eigenvalue weighted by molar-refractivity contribution is 7.12.